The molecule has 0 aliphatic rings. The van der Waals surface area contributed by atoms with Gasteiger partial charge >= 0.3 is 0 Å². The van der Waals surface area contributed by atoms with E-state index in [1.54, 1.807) is 0 Å². The minimum atomic E-state index is 0.725. The van der Waals surface area contributed by atoms with E-state index >= 15 is 0 Å². The van der Waals surface area contributed by atoms with Crippen LogP contribution in [0, 0.1) is 6.92 Å². The monoisotopic (exact) mass is 260 g/mol. The van der Waals surface area contributed by atoms with Crippen LogP contribution < -0.4 is 4.74 Å². The molecule has 0 atom stereocenters. The van der Waals surface area contributed by atoms with Crippen molar-refractivity contribution in [1.29, 1.82) is 0 Å². The molecule has 0 unspecified atom stereocenters. The number of hydrogen-bond donors (Lipinski definition) is 0. The van der Waals surface area contributed by atoms with E-state index in [0.717, 1.165) is 41.7 Å². The third-order valence-corrected chi connectivity index (χ3v) is 2.94. The number of benzene rings is 1. The van der Waals surface area contributed by atoms with Crippen LogP contribution in [0.2, 0.25) is 5.02 Å². The van der Waals surface area contributed by atoms with Gasteiger partial charge in [-0.1, -0.05) is 30.5 Å². The maximum Gasteiger partial charge on any atom is 0.123 e. The Morgan fingerprint density at radius 2 is 1.88 bits per heavy atom. The third-order valence-electron chi connectivity index (χ3n) is 2.44. The molecule has 3 heteroatoms. The molecule has 1 nitrogen and oxygen atoms in total. The molecule has 0 radical (unpaired) electrons. The van der Waals surface area contributed by atoms with E-state index in [1.165, 1.54) is 12.8 Å². The van der Waals surface area contributed by atoms with Gasteiger partial charge < -0.3 is 4.74 Å². The topological polar surface area (TPSA) is 9.23 Å². The Balaban J connectivity index is 2.23. The van der Waals surface area contributed by atoms with E-state index in [4.69, 9.17) is 27.9 Å². The third kappa shape index (κ3) is 5.09. The molecule has 1 aromatic carbocycles. The van der Waals surface area contributed by atoms with Crippen LogP contribution in [0.25, 0.3) is 0 Å². The summed E-state index contributed by atoms with van der Waals surface area (Å²) in [6.45, 7) is 2.78. The van der Waals surface area contributed by atoms with Crippen LogP contribution in [-0.2, 0) is 0 Å². The summed E-state index contributed by atoms with van der Waals surface area (Å²) in [4.78, 5) is 0. The molecule has 1 rings (SSSR count). The molecule has 0 fully saturated rings. The molecule has 16 heavy (non-hydrogen) atoms. The molecule has 0 saturated carbocycles. The normalized spacial score (nSPS) is 10.4. The van der Waals surface area contributed by atoms with Crippen molar-refractivity contribution in [3.05, 3.63) is 28.8 Å². The Labute approximate surface area is 108 Å². The number of unbranched alkanes of at least 4 members (excludes halogenated alkanes) is 3. The molecule has 0 bridgehead atoms. The first-order chi connectivity index (χ1) is 7.74. The molecule has 0 N–H and O–H groups in total. The Morgan fingerprint density at radius 3 is 2.62 bits per heavy atom. The summed E-state index contributed by atoms with van der Waals surface area (Å²) in [6.07, 6.45) is 4.52. The van der Waals surface area contributed by atoms with Crippen LogP contribution in [0.1, 0.15) is 31.2 Å². The summed E-state index contributed by atoms with van der Waals surface area (Å²) < 4.78 is 5.68. The molecular weight excluding hydrogens is 243 g/mol. The Hall–Kier alpha value is -0.400. The van der Waals surface area contributed by atoms with Crippen molar-refractivity contribution < 1.29 is 4.74 Å². The number of rotatable bonds is 7. The van der Waals surface area contributed by atoms with Crippen molar-refractivity contribution in [2.75, 3.05) is 12.5 Å². The predicted octanol–water partition coefficient (Wildman–Crippen LogP) is 4.83. The van der Waals surface area contributed by atoms with Crippen LogP contribution in [0.5, 0.6) is 5.75 Å². The summed E-state index contributed by atoms with van der Waals surface area (Å²) in [5.74, 6) is 1.65. The van der Waals surface area contributed by atoms with E-state index in [0.29, 0.717) is 0 Å². The minimum absolute atomic E-state index is 0.725. The number of halogens is 2. The second kappa shape index (κ2) is 7.81. The predicted molar refractivity (Wildman–Crippen MR) is 70.9 cm³/mol. The molecule has 0 aromatic heterocycles. The second-order valence-corrected chi connectivity index (χ2v) is 4.68. The van der Waals surface area contributed by atoms with Crippen molar-refractivity contribution in [3.63, 3.8) is 0 Å². The zero-order valence-corrected chi connectivity index (χ0v) is 11.2. The maximum atomic E-state index is 5.90. The van der Waals surface area contributed by atoms with Crippen LogP contribution >= 0.6 is 23.2 Å². The Morgan fingerprint density at radius 1 is 1.12 bits per heavy atom. The summed E-state index contributed by atoms with van der Waals surface area (Å²) in [5.41, 5.74) is 1.13. The number of hydrogen-bond acceptors (Lipinski definition) is 1. The van der Waals surface area contributed by atoms with E-state index in [2.05, 4.69) is 0 Å². The molecule has 90 valence electrons. The fourth-order valence-electron chi connectivity index (χ4n) is 1.46. The Kier molecular flexibility index (Phi) is 6.67. The number of aryl methyl sites for hydroxylation is 1. The smallest absolute Gasteiger partial charge is 0.123 e. The quantitative estimate of drug-likeness (QED) is 0.504. The lowest BCUT2D eigenvalue weighted by molar-refractivity contribution is 0.303. The van der Waals surface area contributed by atoms with Gasteiger partial charge in [0.25, 0.3) is 0 Å². The lowest BCUT2D eigenvalue weighted by Crippen LogP contribution is -1.98. The summed E-state index contributed by atoms with van der Waals surface area (Å²) >= 11 is 11.5. The zero-order valence-electron chi connectivity index (χ0n) is 9.64. The highest BCUT2D eigenvalue weighted by atomic mass is 35.5. The first-order valence-electron chi connectivity index (χ1n) is 5.69. The number of ether oxygens (including phenoxy) is 1. The van der Waals surface area contributed by atoms with E-state index < -0.39 is 0 Å². The first kappa shape index (κ1) is 13.7. The highest BCUT2D eigenvalue weighted by molar-refractivity contribution is 6.30. The van der Waals surface area contributed by atoms with Gasteiger partial charge in [0.15, 0.2) is 0 Å². The summed E-state index contributed by atoms with van der Waals surface area (Å²) in [5, 5.41) is 0.725. The zero-order chi connectivity index (χ0) is 11.8. The van der Waals surface area contributed by atoms with E-state index in [9.17, 15) is 0 Å². The SMILES string of the molecule is Cc1ccc(Cl)cc1OCCCCCCCl. The van der Waals surface area contributed by atoms with E-state index in [1.807, 2.05) is 25.1 Å². The van der Waals surface area contributed by atoms with Gasteiger partial charge in [-0.2, -0.15) is 0 Å². The molecular formula is C13H18Cl2O. The van der Waals surface area contributed by atoms with Crippen LogP contribution in [0.3, 0.4) is 0 Å². The first-order valence-corrected chi connectivity index (χ1v) is 6.60. The van der Waals surface area contributed by atoms with Crippen molar-refractivity contribution in [2.24, 2.45) is 0 Å². The van der Waals surface area contributed by atoms with Crippen molar-refractivity contribution in [3.8, 4) is 5.75 Å². The fraction of sp³-hybridized carbons (Fsp3) is 0.538. The van der Waals surface area contributed by atoms with E-state index in [-0.39, 0.29) is 0 Å². The summed E-state index contributed by atoms with van der Waals surface area (Å²) in [7, 11) is 0. The molecule has 0 aliphatic carbocycles. The highest BCUT2D eigenvalue weighted by Crippen LogP contribution is 2.22. The second-order valence-electron chi connectivity index (χ2n) is 3.86. The van der Waals surface area contributed by atoms with Crippen molar-refractivity contribution >= 4 is 23.2 Å². The van der Waals surface area contributed by atoms with Gasteiger partial charge in [0, 0.05) is 10.9 Å². The minimum Gasteiger partial charge on any atom is -0.493 e. The van der Waals surface area contributed by atoms with Gasteiger partial charge in [0.2, 0.25) is 0 Å². The van der Waals surface area contributed by atoms with Crippen LogP contribution in [0.4, 0.5) is 0 Å². The Bertz CT molecular complexity index is 313. The standard InChI is InChI=1S/C13H18Cl2O/c1-11-6-7-12(15)10-13(11)16-9-5-3-2-4-8-14/h6-7,10H,2-5,8-9H2,1H3. The fourth-order valence-corrected chi connectivity index (χ4v) is 1.81. The lowest BCUT2D eigenvalue weighted by Gasteiger charge is -2.09. The van der Waals surface area contributed by atoms with Crippen molar-refractivity contribution in [2.45, 2.75) is 32.6 Å². The maximum absolute atomic E-state index is 5.90. The molecule has 0 saturated heterocycles. The largest absolute Gasteiger partial charge is 0.493 e. The van der Waals surface area contributed by atoms with Gasteiger partial charge in [-0.3, -0.25) is 0 Å². The lowest BCUT2D eigenvalue weighted by atomic mass is 10.2. The number of alkyl halides is 1. The average Bonchev–Trinajstić information content (AvgIpc) is 2.28. The van der Waals surface area contributed by atoms with Gasteiger partial charge in [0.05, 0.1) is 6.61 Å². The molecule has 0 aliphatic heterocycles. The van der Waals surface area contributed by atoms with Crippen LogP contribution in [-0.4, -0.2) is 12.5 Å². The molecule has 1 aromatic rings. The summed E-state index contributed by atoms with van der Waals surface area (Å²) in [6, 6.07) is 5.73. The molecule has 0 amide bonds. The highest BCUT2D eigenvalue weighted by Gasteiger charge is 2.00. The average molecular weight is 261 g/mol. The van der Waals surface area contributed by atoms with Gasteiger partial charge in [-0.15, -0.1) is 11.6 Å². The molecule has 0 heterocycles. The van der Waals surface area contributed by atoms with Gasteiger partial charge in [0.1, 0.15) is 5.75 Å². The van der Waals surface area contributed by atoms with Crippen molar-refractivity contribution in [1.82, 2.24) is 0 Å². The van der Waals surface area contributed by atoms with Gasteiger partial charge in [-0.25, -0.2) is 0 Å². The van der Waals surface area contributed by atoms with Crippen LogP contribution in [0.15, 0.2) is 18.2 Å². The molecule has 0 spiro atoms. The van der Waals surface area contributed by atoms with Gasteiger partial charge in [-0.05, 0) is 37.5 Å².